The van der Waals surface area contributed by atoms with Crippen molar-refractivity contribution < 1.29 is 0 Å². The lowest BCUT2D eigenvalue weighted by Gasteiger charge is -1.92. The first-order valence-electron chi connectivity index (χ1n) is 4.76. The molecule has 1 rings (SSSR count). The Kier molecular flexibility index (Phi) is 5.42. The quantitative estimate of drug-likeness (QED) is 0.630. The van der Waals surface area contributed by atoms with Crippen molar-refractivity contribution in [1.29, 1.82) is 0 Å². The first-order valence-corrected chi connectivity index (χ1v) is 5.81. The van der Waals surface area contributed by atoms with Crippen molar-refractivity contribution in [2.24, 2.45) is 0 Å². The minimum Gasteiger partial charge on any atom is -0.134 e. The maximum absolute atomic E-state index is 2.22. The van der Waals surface area contributed by atoms with Crippen LogP contribution in [0, 0.1) is 0 Å². The van der Waals surface area contributed by atoms with Gasteiger partial charge in [-0.3, -0.25) is 0 Å². The Hall–Kier alpha value is -0.690. The summed E-state index contributed by atoms with van der Waals surface area (Å²) >= 11 is 1.89. The van der Waals surface area contributed by atoms with Gasteiger partial charge >= 0.3 is 0 Å². The molecular formula is C12H16S. The molecule has 0 fully saturated rings. The van der Waals surface area contributed by atoms with Gasteiger partial charge in [-0.05, 0) is 29.2 Å². The Morgan fingerprint density at radius 3 is 2.69 bits per heavy atom. The Morgan fingerprint density at radius 2 is 2.00 bits per heavy atom. The molecule has 0 nitrogen and oxygen atoms in total. The van der Waals surface area contributed by atoms with Crippen LogP contribution in [0.4, 0.5) is 0 Å². The molecule has 1 aromatic carbocycles. The highest BCUT2D eigenvalue weighted by Crippen LogP contribution is 2.09. The van der Waals surface area contributed by atoms with Crippen LogP contribution < -0.4 is 0 Å². The predicted molar refractivity (Wildman–Crippen MR) is 62.8 cm³/mol. The zero-order chi connectivity index (χ0) is 9.36. The molecule has 0 aromatic heterocycles. The molecule has 0 saturated heterocycles. The molecule has 70 valence electrons. The standard InChI is InChI=1S/C12H16S/c1-2-3-10-13-11-9-12-7-5-4-6-8-12/h4-9,11H,2-3,10H2,1H3/b11-9+. The van der Waals surface area contributed by atoms with E-state index in [2.05, 4.69) is 42.7 Å². The van der Waals surface area contributed by atoms with Crippen molar-refractivity contribution in [3.8, 4) is 0 Å². The van der Waals surface area contributed by atoms with Gasteiger partial charge < -0.3 is 0 Å². The van der Waals surface area contributed by atoms with Gasteiger partial charge in [-0.1, -0.05) is 43.7 Å². The van der Waals surface area contributed by atoms with E-state index < -0.39 is 0 Å². The van der Waals surface area contributed by atoms with E-state index in [1.54, 1.807) is 0 Å². The normalized spacial score (nSPS) is 10.8. The Morgan fingerprint density at radius 1 is 1.23 bits per heavy atom. The van der Waals surface area contributed by atoms with Gasteiger partial charge in [-0.2, -0.15) is 0 Å². The Labute approximate surface area is 85.1 Å². The smallest absolute Gasteiger partial charge is 0.00261 e. The molecule has 0 heterocycles. The SMILES string of the molecule is CCCCS/C=C/c1ccccc1. The number of rotatable bonds is 5. The minimum absolute atomic E-state index is 1.24. The van der Waals surface area contributed by atoms with Crippen LogP contribution in [0.1, 0.15) is 25.3 Å². The van der Waals surface area contributed by atoms with Crippen molar-refractivity contribution >= 4 is 17.8 Å². The van der Waals surface area contributed by atoms with E-state index in [9.17, 15) is 0 Å². The van der Waals surface area contributed by atoms with E-state index in [1.807, 2.05) is 17.8 Å². The van der Waals surface area contributed by atoms with E-state index >= 15 is 0 Å². The highest BCUT2D eigenvalue weighted by Gasteiger charge is 1.83. The molecule has 0 aliphatic carbocycles. The first kappa shape index (κ1) is 10.4. The largest absolute Gasteiger partial charge is 0.134 e. The number of hydrogen-bond acceptors (Lipinski definition) is 1. The third kappa shape index (κ3) is 4.79. The molecule has 0 bridgehead atoms. The molecule has 13 heavy (non-hydrogen) atoms. The summed E-state index contributed by atoms with van der Waals surface area (Å²) in [7, 11) is 0. The van der Waals surface area contributed by atoms with Crippen molar-refractivity contribution in [2.75, 3.05) is 5.75 Å². The van der Waals surface area contributed by atoms with Gasteiger partial charge in [0.2, 0.25) is 0 Å². The molecule has 0 N–H and O–H groups in total. The van der Waals surface area contributed by atoms with Crippen LogP contribution >= 0.6 is 11.8 Å². The summed E-state index contributed by atoms with van der Waals surface area (Å²) in [5.74, 6) is 1.24. The van der Waals surface area contributed by atoms with Crippen molar-refractivity contribution in [2.45, 2.75) is 19.8 Å². The Bertz CT molecular complexity index is 239. The van der Waals surface area contributed by atoms with Crippen LogP contribution in [-0.4, -0.2) is 5.75 Å². The molecule has 0 radical (unpaired) electrons. The van der Waals surface area contributed by atoms with Crippen LogP contribution in [0.3, 0.4) is 0 Å². The summed E-state index contributed by atoms with van der Waals surface area (Å²) in [5, 5.41) is 2.19. The van der Waals surface area contributed by atoms with E-state index in [0.717, 1.165) is 0 Å². The number of benzene rings is 1. The first-order chi connectivity index (χ1) is 6.43. The van der Waals surface area contributed by atoms with Gasteiger partial charge in [0.25, 0.3) is 0 Å². The predicted octanol–water partition coefficient (Wildman–Crippen LogP) is 4.19. The maximum atomic E-state index is 2.22. The molecule has 0 aliphatic heterocycles. The second kappa shape index (κ2) is 6.79. The number of hydrogen-bond donors (Lipinski definition) is 0. The number of unbranched alkanes of at least 4 members (excludes halogenated alkanes) is 1. The van der Waals surface area contributed by atoms with Crippen LogP contribution in [0.2, 0.25) is 0 Å². The fraction of sp³-hybridized carbons (Fsp3) is 0.333. The van der Waals surface area contributed by atoms with Crippen molar-refractivity contribution in [3.05, 3.63) is 41.3 Å². The molecule has 0 amide bonds. The third-order valence-corrected chi connectivity index (χ3v) is 2.62. The molecule has 0 atom stereocenters. The van der Waals surface area contributed by atoms with Gasteiger partial charge in [-0.25, -0.2) is 0 Å². The monoisotopic (exact) mass is 192 g/mol. The fourth-order valence-corrected chi connectivity index (χ4v) is 1.83. The summed E-state index contributed by atoms with van der Waals surface area (Å²) in [6, 6.07) is 10.4. The lowest BCUT2D eigenvalue weighted by atomic mass is 10.2. The second-order valence-corrected chi connectivity index (χ2v) is 3.95. The lowest BCUT2D eigenvalue weighted by Crippen LogP contribution is -1.73. The molecule has 0 aliphatic rings. The average Bonchev–Trinajstić information content (AvgIpc) is 2.19. The Balaban J connectivity index is 2.25. The van der Waals surface area contributed by atoms with Gasteiger partial charge in [0.15, 0.2) is 0 Å². The fourth-order valence-electron chi connectivity index (χ4n) is 0.987. The number of thioether (sulfide) groups is 1. The second-order valence-electron chi connectivity index (χ2n) is 2.94. The highest BCUT2D eigenvalue weighted by atomic mass is 32.2. The third-order valence-electron chi connectivity index (χ3n) is 1.77. The zero-order valence-electron chi connectivity index (χ0n) is 8.07. The van der Waals surface area contributed by atoms with Crippen LogP contribution in [0.5, 0.6) is 0 Å². The average molecular weight is 192 g/mol. The van der Waals surface area contributed by atoms with Gasteiger partial charge in [-0.15, -0.1) is 11.8 Å². The van der Waals surface area contributed by atoms with E-state index in [0.29, 0.717) is 0 Å². The van der Waals surface area contributed by atoms with E-state index in [-0.39, 0.29) is 0 Å². The zero-order valence-corrected chi connectivity index (χ0v) is 8.89. The van der Waals surface area contributed by atoms with Crippen molar-refractivity contribution in [1.82, 2.24) is 0 Å². The molecular weight excluding hydrogens is 176 g/mol. The molecule has 1 aromatic rings. The summed E-state index contributed by atoms with van der Waals surface area (Å²) < 4.78 is 0. The van der Waals surface area contributed by atoms with Crippen LogP contribution in [0.15, 0.2) is 35.7 Å². The van der Waals surface area contributed by atoms with Crippen LogP contribution in [0.25, 0.3) is 6.08 Å². The molecule has 0 spiro atoms. The van der Waals surface area contributed by atoms with E-state index in [1.165, 1.54) is 24.2 Å². The molecule has 1 heteroatoms. The van der Waals surface area contributed by atoms with Crippen molar-refractivity contribution in [3.63, 3.8) is 0 Å². The summed E-state index contributed by atoms with van der Waals surface area (Å²) in [4.78, 5) is 0. The van der Waals surface area contributed by atoms with Gasteiger partial charge in [0.1, 0.15) is 0 Å². The highest BCUT2D eigenvalue weighted by molar-refractivity contribution is 8.02. The van der Waals surface area contributed by atoms with E-state index in [4.69, 9.17) is 0 Å². The lowest BCUT2D eigenvalue weighted by molar-refractivity contribution is 0.898. The summed E-state index contributed by atoms with van der Waals surface area (Å²) in [6.45, 7) is 2.22. The van der Waals surface area contributed by atoms with Gasteiger partial charge in [0.05, 0.1) is 0 Å². The summed E-state index contributed by atoms with van der Waals surface area (Å²) in [5.41, 5.74) is 1.28. The van der Waals surface area contributed by atoms with Gasteiger partial charge in [0, 0.05) is 0 Å². The topological polar surface area (TPSA) is 0 Å². The maximum Gasteiger partial charge on any atom is -0.00261 e. The molecule has 0 saturated carbocycles. The summed E-state index contributed by atoms with van der Waals surface area (Å²) in [6.07, 6.45) is 4.76. The van der Waals surface area contributed by atoms with Crippen LogP contribution in [-0.2, 0) is 0 Å². The molecule has 0 unspecified atom stereocenters. The minimum atomic E-state index is 1.24.